The molecule has 1 N–H and O–H groups in total. The molecule has 0 saturated heterocycles. The molecule has 0 bridgehead atoms. The van der Waals surface area contributed by atoms with E-state index in [0.29, 0.717) is 22.3 Å². The summed E-state index contributed by atoms with van der Waals surface area (Å²) in [6, 6.07) is 11.5. The Labute approximate surface area is 125 Å². The highest BCUT2D eigenvalue weighted by Gasteiger charge is 2.04. The third-order valence-corrected chi connectivity index (χ3v) is 3.12. The van der Waals surface area contributed by atoms with Crippen LogP contribution in [0.2, 0.25) is 10.0 Å². The Balaban J connectivity index is 1.98. The highest BCUT2D eigenvalue weighted by atomic mass is 35.5. The first-order chi connectivity index (χ1) is 9.54. The minimum atomic E-state index is -2.82. The van der Waals surface area contributed by atoms with Crippen LogP contribution in [-0.2, 0) is 6.54 Å². The van der Waals surface area contributed by atoms with Gasteiger partial charge in [0, 0.05) is 11.6 Å². The van der Waals surface area contributed by atoms with E-state index in [1.807, 2.05) is 0 Å². The van der Waals surface area contributed by atoms with Crippen molar-refractivity contribution in [3.05, 3.63) is 58.1 Å². The summed E-state index contributed by atoms with van der Waals surface area (Å²) in [5.41, 5.74) is 1.62. The lowest BCUT2D eigenvalue weighted by Crippen LogP contribution is -2.03. The van der Waals surface area contributed by atoms with Gasteiger partial charge in [-0.05, 0) is 35.9 Å². The van der Waals surface area contributed by atoms with E-state index < -0.39 is 6.61 Å². The van der Waals surface area contributed by atoms with Crippen molar-refractivity contribution >= 4 is 28.9 Å². The number of halogens is 4. The zero-order valence-corrected chi connectivity index (χ0v) is 11.8. The third kappa shape index (κ3) is 4.25. The van der Waals surface area contributed by atoms with Crippen molar-refractivity contribution in [2.24, 2.45) is 0 Å². The van der Waals surface area contributed by atoms with Gasteiger partial charge in [0.2, 0.25) is 0 Å². The Morgan fingerprint density at radius 3 is 2.40 bits per heavy atom. The zero-order chi connectivity index (χ0) is 14.5. The van der Waals surface area contributed by atoms with Crippen LogP contribution in [0.4, 0.5) is 14.5 Å². The number of nitrogens with one attached hydrogen (secondary N) is 1. The number of rotatable bonds is 5. The van der Waals surface area contributed by atoms with Crippen LogP contribution in [0.5, 0.6) is 5.75 Å². The predicted octanol–water partition coefficient (Wildman–Crippen LogP) is 5.21. The van der Waals surface area contributed by atoms with Gasteiger partial charge in [0.1, 0.15) is 5.75 Å². The van der Waals surface area contributed by atoms with Gasteiger partial charge in [-0.15, -0.1) is 0 Å². The standard InChI is InChI=1S/C14H11Cl2F2NO/c15-10-3-6-12(16)13(7-10)19-8-9-1-4-11(5-2-9)20-14(17)18/h1-7,14,19H,8H2. The Hall–Kier alpha value is -1.52. The molecule has 0 aromatic heterocycles. The van der Waals surface area contributed by atoms with Gasteiger partial charge in [0.15, 0.2) is 0 Å². The van der Waals surface area contributed by atoms with Gasteiger partial charge < -0.3 is 10.1 Å². The van der Waals surface area contributed by atoms with Gasteiger partial charge >= 0.3 is 6.61 Å². The predicted molar refractivity (Wildman–Crippen MR) is 76.9 cm³/mol. The normalized spacial score (nSPS) is 10.7. The van der Waals surface area contributed by atoms with E-state index in [4.69, 9.17) is 23.2 Å². The van der Waals surface area contributed by atoms with E-state index in [0.717, 1.165) is 5.56 Å². The Kier molecular flexibility index (Phi) is 5.04. The van der Waals surface area contributed by atoms with Crippen LogP contribution in [-0.4, -0.2) is 6.61 Å². The fraction of sp³-hybridized carbons (Fsp3) is 0.143. The van der Waals surface area contributed by atoms with E-state index in [2.05, 4.69) is 10.1 Å². The molecule has 0 aliphatic rings. The van der Waals surface area contributed by atoms with Gasteiger partial charge in [-0.2, -0.15) is 8.78 Å². The van der Waals surface area contributed by atoms with E-state index in [9.17, 15) is 8.78 Å². The molecule has 0 spiro atoms. The number of ether oxygens (including phenoxy) is 1. The van der Waals surface area contributed by atoms with Gasteiger partial charge in [-0.25, -0.2) is 0 Å². The topological polar surface area (TPSA) is 21.3 Å². The summed E-state index contributed by atoms with van der Waals surface area (Å²) in [6.45, 7) is -2.32. The summed E-state index contributed by atoms with van der Waals surface area (Å²) in [6.07, 6.45) is 0. The molecule has 2 rings (SSSR count). The van der Waals surface area contributed by atoms with Gasteiger partial charge in [-0.3, -0.25) is 0 Å². The van der Waals surface area contributed by atoms with Crippen LogP contribution < -0.4 is 10.1 Å². The summed E-state index contributed by atoms with van der Waals surface area (Å²) in [5.74, 6) is 0.129. The first-order valence-corrected chi connectivity index (χ1v) is 6.53. The van der Waals surface area contributed by atoms with Crippen molar-refractivity contribution in [1.82, 2.24) is 0 Å². The maximum absolute atomic E-state index is 12.0. The lowest BCUT2D eigenvalue weighted by molar-refractivity contribution is -0.0498. The number of hydrogen-bond donors (Lipinski definition) is 1. The van der Waals surface area contributed by atoms with E-state index in [-0.39, 0.29) is 5.75 Å². The van der Waals surface area contributed by atoms with Crippen LogP contribution in [0.25, 0.3) is 0 Å². The number of anilines is 1. The molecule has 0 heterocycles. The van der Waals surface area contributed by atoms with Crippen LogP contribution in [0.15, 0.2) is 42.5 Å². The van der Waals surface area contributed by atoms with Crippen molar-refractivity contribution in [3.8, 4) is 5.75 Å². The average molecular weight is 318 g/mol. The Morgan fingerprint density at radius 2 is 1.75 bits per heavy atom. The molecule has 0 radical (unpaired) electrons. The Morgan fingerprint density at radius 1 is 1.05 bits per heavy atom. The van der Waals surface area contributed by atoms with Crippen molar-refractivity contribution in [2.75, 3.05) is 5.32 Å². The minimum Gasteiger partial charge on any atom is -0.435 e. The fourth-order valence-corrected chi connectivity index (χ4v) is 1.98. The van der Waals surface area contributed by atoms with Crippen molar-refractivity contribution < 1.29 is 13.5 Å². The molecule has 2 aromatic carbocycles. The monoisotopic (exact) mass is 317 g/mol. The molecule has 0 atom stereocenters. The Bertz CT molecular complexity index is 576. The van der Waals surface area contributed by atoms with E-state index >= 15 is 0 Å². The third-order valence-electron chi connectivity index (χ3n) is 2.56. The SMILES string of the molecule is FC(F)Oc1ccc(CNc2cc(Cl)ccc2Cl)cc1. The van der Waals surface area contributed by atoms with Crippen LogP contribution in [0, 0.1) is 0 Å². The molecule has 0 saturated carbocycles. The summed E-state index contributed by atoms with van der Waals surface area (Å²) in [7, 11) is 0. The van der Waals surface area contributed by atoms with Gasteiger partial charge in [0.05, 0.1) is 10.7 Å². The molecule has 0 amide bonds. The molecule has 0 aliphatic heterocycles. The van der Waals surface area contributed by atoms with E-state index in [1.54, 1.807) is 30.3 Å². The minimum absolute atomic E-state index is 0.129. The summed E-state index contributed by atoms with van der Waals surface area (Å²) >= 11 is 11.9. The van der Waals surface area contributed by atoms with E-state index in [1.165, 1.54) is 12.1 Å². The highest BCUT2D eigenvalue weighted by molar-refractivity contribution is 6.35. The average Bonchev–Trinajstić information content (AvgIpc) is 2.41. The van der Waals surface area contributed by atoms with Crippen LogP contribution >= 0.6 is 23.2 Å². The van der Waals surface area contributed by atoms with Crippen LogP contribution in [0.1, 0.15) is 5.56 Å². The fourth-order valence-electron chi connectivity index (χ4n) is 1.62. The molecule has 2 nitrogen and oxygen atoms in total. The second-order valence-corrected chi connectivity index (χ2v) is 4.84. The summed E-state index contributed by atoms with van der Waals surface area (Å²) in [4.78, 5) is 0. The van der Waals surface area contributed by atoms with Crippen molar-refractivity contribution in [2.45, 2.75) is 13.2 Å². The second-order valence-electron chi connectivity index (χ2n) is 4.00. The number of hydrogen-bond acceptors (Lipinski definition) is 2. The number of alkyl halides is 2. The van der Waals surface area contributed by atoms with Crippen molar-refractivity contribution in [3.63, 3.8) is 0 Å². The van der Waals surface area contributed by atoms with Crippen molar-refractivity contribution in [1.29, 1.82) is 0 Å². The molecule has 0 unspecified atom stereocenters. The second kappa shape index (κ2) is 6.77. The van der Waals surface area contributed by atoms with Crippen LogP contribution in [0.3, 0.4) is 0 Å². The molecular weight excluding hydrogens is 307 g/mol. The quantitative estimate of drug-likeness (QED) is 0.817. The zero-order valence-electron chi connectivity index (χ0n) is 10.2. The molecule has 0 fully saturated rings. The number of benzene rings is 2. The summed E-state index contributed by atoms with van der Waals surface area (Å²) in [5, 5.41) is 4.27. The molecule has 0 aliphatic carbocycles. The highest BCUT2D eigenvalue weighted by Crippen LogP contribution is 2.26. The van der Waals surface area contributed by atoms with Gasteiger partial charge in [0.25, 0.3) is 0 Å². The molecule has 106 valence electrons. The molecule has 6 heteroatoms. The lowest BCUT2D eigenvalue weighted by atomic mass is 10.2. The summed E-state index contributed by atoms with van der Waals surface area (Å²) < 4.78 is 28.3. The largest absolute Gasteiger partial charge is 0.435 e. The molecule has 20 heavy (non-hydrogen) atoms. The maximum Gasteiger partial charge on any atom is 0.387 e. The first-order valence-electron chi connectivity index (χ1n) is 5.77. The smallest absolute Gasteiger partial charge is 0.387 e. The lowest BCUT2D eigenvalue weighted by Gasteiger charge is -2.10. The first kappa shape index (κ1) is 14.9. The van der Waals surface area contributed by atoms with Gasteiger partial charge in [-0.1, -0.05) is 35.3 Å². The maximum atomic E-state index is 12.0. The molecule has 2 aromatic rings. The molecular formula is C14H11Cl2F2NO.